The second kappa shape index (κ2) is 14.1. The normalized spacial score (nSPS) is 11.7. The Morgan fingerprint density at radius 2 is 1.70 bits per heavy atom. The quantitative estimate of drug-likeness (QED) is 0.120. The molecule has 2 aromatic heterocycles. The van der Waals surface area contributed by atoms with E-state index in [1.807, 2.05) is 83.4 Å². The number of imidazole rings is 1. The molecule has 43 heavy (non-hydrogen) atoms. The number of rotatable bonds is 13. The molecule has 5 aromatic rings. The first-order valence-corrected chi connectivity index (χ1v) is 14.3. The van der Waals surface area contributed by atoms with Gasteiger partial charge in [-0.2, -0.15) is 5.21 Å². The van der Waals surface area contributed by atoms with Crippen LogP contribution in [0.4, 0.5) is 0 Å². The zero-order chi connectivity index (χ0) is 30.0. The molecular formula is C32H34N8O3. The number of unbranched alkanes of at least 4 members (excludes halogenated alkanes) is 1. The average molecular weight is 579 g/mol. The average Bonchev–Trinajstić information content (AvgIpc) is 3.71. The number of aromatic amines is 1. The third-order valence-corrected chi connectivity index (χ3v) is 7.26. The number of tetrazole rings is 1. The van der Waals surface area contributed by atoms with Crippen molar-refractivity contribution in [1.29, 1.82) is 0 Å². The lowest BCUT2D eigenvalue weighted by Crippen LogP contribution is -2.41. The van der Waals surface area contributed by atoms with E-state index in [9.17, 15) is 9.59 Å². The van der Waals surface area contributed by atoms with Crippen molar-refractivity contribution in [3.8, 4) is 22.5 Å². The first kappa shape index (κ1) is 29.3. The van der Waals surface area contributed by atoms with Crippen LogP contribution in [0.15, 0.2) is 85.1 Å². The highest BCUT2D eigenvalue weighted by Crippen LogP contribution is 2.30. The molecule has 220 valence electrons. The number of H-pyrrole nitrogens is 1. The van der Waals surface area contributed by atoms with E-state index in [0.29, 0.717) is 24.5 Å². The Bertz CT molecular complexity index is 1630. The summed E-state index contributed by atoms with van der Waals surface area (Å²) >= 11 is 0. The van der Waals surface area contributed by atoms with Crippen molar-refractivity contribution in [2.75, 3.05) is 0 Å². The van der Waals surface area contributed by atoms with Crippen LogP contribution in [-0.2, 0) is 24.2 Å². The highest BCUT2D eigenvalue weighted by atomic mass is 16.5. The predicted molar refractivity (Wildman–Crippen MR) is 161 cm³/mol. The van der Waals surface area contributed by atoms with Gasteiger partial charge in [-0.3, -0.25) is 14.8 Å². The van der Waals surface area contributed by atoms with Gasteiger partial charge in [-0.1, -0.05) is 92.2 Å². The van der Waals surface area contributed by atoms with Crippen LogP contribution in [0.5, 0.6) is 0 Å². The molecule has 0 radical (unpaired) electrons. The van der Waals surface area contributed by atoms with Crippen LogP contribution in [0.2, 0.25) is 0 Å². The van der Waals surface area contributed by atoms with Gasteiger partial charge in [0.1, 0.15) is 11.5 Å². The minimum atomic E-state index is -0.570. The number of nitrogens with zero attached hydrogens (tertiary/aromatic N) is 5. The van der Waals surface area contributed by atoms with E-state index in [1.54, 1.807) is 11.7 Å². The predicted octanol–water partition coefficient (Wildman–Crippen LogP) is 4.36. The van der Waals surface area contributed by atoms with Crippen LogP contribution < -0.4 is 10.8 Å². The third-order valence-electron chi connectivity index (χ3n) is 7.26. The van der Waals surface area contributed by atoms with Gasteiger partial charge in [0.05, 0.1) is 6.20 Å². The van der Waals surface area contributed by atoms with Gasteiger partial charge in [-0.25, -0.2) is 10.5 Å². The van der Waals surface area contributed by atoms with Crippen LogP contribution in [0, 0.1) is 0 Å². The van der Waals surface area contributed by atoms with Crippen molar-refractivity contribution in [1.82, 2.24) is 41.0 Å². The molecule has 1 unspecified atom stereocenters. The maximum atomic E-state index is 13.6. The number of benzene rings is 3. The molecule has 1 atom stereocenters. The first-order valence-electron chi connectivity index (χ1n) is 14.3. The van der Waals surface area contributed by atoms with Crippen molar-refractivity contribution in [3.05, 3.63) is 108 Å². The summed E-state index contributed by atoms with van der Waals surface area (Å²) < 4.78 is 1.94. The number of hydroxylamine groups is 1. The number of hydrogen-bond donors (Lipinski definition) is 4. The molecular weight excluding hydrogens is 544 g/mol. The van der Waals surface area contributed by atoms with Crippen LogP contribution in [0.1, 0.15) is 53.6 Å². The molecule has 0 aliphatic carbocycles. The Morgan fingerprint density at radius 3 is 2.40 bits per heavy atom. The fourth-order valence-electron chi connectivity index (χ4n) is 5.09. The van der Waals surface area contributed by atoms with Crippen molar-refractivity contribution in [3.63, 3.8) is 0 Å². The molecule has 0 saturated carbocycles. The Kier molecular flexibility index (Phi) is 9.65. The van der Waals surface area contributed by atoms with E-state index < -0.39 is 11.9 Å². The second-order valence-corrected chi connectivity index (χ2v) is 10.3. The summed E-state index contributed by atoms with van der Waals surface area (Å²) in [5.41, 5.74) is 6.93. The van der Waals surface area contributed by atoms with Gasteiger partial charge in [0.15, 0.2) is 0 Å². The zero-order valence-electron chi connectivity index (χ0n) is 23.9. The number of aromatic nitrogens is 6. The van der Waals surface area contributed by atoms with Gasteiger partial charge in [0, 0.05) is 31.0 Å². The lowest BCUT2D eigenvalue weighted by molar-refractivity contribution is -0.129. The monoisotopic (exact) mass is 578 g/mol. The van der Waals surface area contributed by atoms with Crippen LogP contribution >= 0.6 is 0 Å². The topological polar surface area (TPSA) is 151 Å². The van der Waals surface area contributed by atoms with Crippen molar-refractivity contribution in [2.24, 2.45) is 0 Å². The molecule has 2 amide bonds. The van der Waals surface area contributed by atoms with Crippen LogP contribution in [0.3, 0.4) is 0 Å². The second-order valence-electron chi connectivity index (χ2n) is 10.3. The van der Waals surface area contributed by atoms with Crippen molar-refractivity contribution >= 4 is 11.8 Å². The molecule has 4 N–H and O–H groups in total. The number of aryl methyl sites for hydroxylation is 1. The molecule has 0 fully saturated rings. The number of carbonyl (C=O) groups excluding carboxylic acids is 2. The summed E-state index contributed by atoms with van der Waals surface area (Å²) in [5, 5.41) is 26.6. The fourth-order valence-corrected chi connectivity index (χ4v) is 5.09. The third kappa shape index (κ3) is 7.38. The minimum absolute atomic E-state index is 0.0687. The highest BCUT2D eigenvalue weighted by Gasteiger charge is 2.22. The molecule has 2 heterocycles. The minimum Gasteiger partial charge on any atom is -0.347 e. The smallest absolute Gasteiger partial charge is 0.269 e. The number of hydrogen-bond acceptors (Lipinski definition) is 7. The molecule has 11 heteroatoms. The fraction of sp³-hybridized carbons (Fsp3) is 0.250. The molecule has 0 aliphatic heterocycles. The van der Waals surface area contributed by atoms with E-state index >= 15 is 0 Å². The van der Waals surface area contributed by atoms with Gasteiger partial charge < -0.3 is 9.88 Å². The van der Waals surface area contributed by atoms with Crippen LogP contribution in [0.25, 0.3) is 22.5 Å². The Labute approximate surface area is 249 Å². The van der Waals surface area contributed by atoms with Gasteiger partial charge in [-0.15, -0.1) is 10.2 Å². The number of amides is 2. The summed E-state index contributed by atoms with van der Waals surface area (Å²) in [6.07, 6.45) is 4.64. The first-order chi connectivity index (χ1) is 21.1. The maximum absolute atomic E-state index is 13.6. The molecule has 0 spiro atoms. The summed E-state index contributed by atoms with van der Waals surface area (Å²) in [7, 11) is 0. The van der Waals surface area contributed by atoms with Gasteiger partial charge in [0.2, 0.25) is 11.7 Å². The van der Waals surface area contributed by atoms with E-state index in [-0.39, 0.29) is 12.3 Å². The molecule has 0 aliphatic rings. The Morgan fingerprint density at radius 1 is 0.953 bits per heavy atom. The van der Waals surface area contributed by atoms with E-state index in [4.69, 9.17) is 5.21 Å². The molecule has 0 bridgehead atoms. The number of nitrogens with one attached hydrogen (secondary N) is 3. The van der Waals surface area contributed by atoms with Crippen LogP contribution in [-0.4, -0.2) is 53.2 Å². The molecule has 11 nitrogen and oxygen atoms in total. The summed E-state index contributed by atoms with van der Waals surface area (Å²) in [4.78, 5) is 30.3. The SMILES string of the molecule is CCCCc1ncc(C(=O)NC(CC(=O)NO)Cc2ccccc2)n1Cc1ccc(-c2ccccc2-c2nn[nH]n2)cc1. The largest absolute Gasteiger partial charge is 0.347 e. The van der Waals surface area contributed by atoms with E-state index in [0.717, 1.165) is 52.9 Å². The van der Waals surface area contributed by atoms with Gasteiger partial charge in [-0.05, 0) is 40.3 Å². The zero-order valence-corrected chi connectivity index (χ0v) is 23.9. The lowest BCUT2D eigenvalue weighted by atomic mass is 9.98. The van der Waals surface area contributed by atoms with Crippen molar-refractivity contribution < 1.29 is 14.8 Å². The van der Waals surface area contributed by atoms with Crippen molar-refractivity contribution in [2.45, 2.75) is 51.6 Å². The van der Waals surface area contributed by atoms with Gasteiger partial charge >= 0.3 is 0 Å². The maximum Gasteiger partial charge on any atom is 0.269 e. The molecule has 5 rings (SSSR count). The molecule has 0 saturated heterocycles. The van der Waals surface area contributed by atoms with E-state index in [1.165, 1.54) is 0 Å². The van der Waals surface area contributed by atoms with Gasteiger partial charge in [0.25, 0.3) is 5.91 Å². The standard InChI is InChI=1S/C32H34N8O3/c1-2-3-13-29-33-20-28(32(42)34-25(19-30(41)37-43)18-22-9-5-4-6-10-22)40(29)21-23-14-16-24(17-15-23)26-11-7-8-12-27(26)31-35-38-39-36-31/h4-12,14-17,20,25,43H,2-3,13,18-19,21H2,1H3,(H,34,42)(H,37,41)(H,35,36,38,39). The summed E-state index contributed by atoms with van der Waals surface area (Å²) in [6, 6.07) is 25.1. The molecule has 3 aromatic carbocycles. The highest BCUT2D eigenvalue weighted by molar-refractivity contribution is 5.93. The lowest BCUT2D eigenvalue weighted by Gasteiger charge is -2.19. The summed E-state index contributed by atoms with van der Waals surface area (Å²) in [5.74, 6) is 0.453. The summed E-state index contributed by atoms with van der Waals surface area (Å²) in [6.45, 7) is 2.57. The Hall–Kier alpha value is -5.16. The Balaban J connectivity index is 1.38. The van der Waals surface area contributed by atoms with E-state index in [2.05, 4.69) is 37.8 Å². The number of carbonyl (C=O) groups is 2.